The number of anilines is 1. The van der Waals surface area contributed by atoms with E-state index in [1.165, 1.54) is 11.3 Å². The molecule has 0 atom stereocenters. The van der Waals surface area contributed by atoms with E-state index in [0.29, 0.717) is 18.1 Å². The first-order valence-corrected chi connectivity index (χ1v) is 5.33. The lowest BCUT2D eigenvalue weighted by Gasteiger charge is -1.99. The Balaban J connectivity index is 2.48. The number of nitrogens with one attached hydrogen (secondary N) is 2. The van der Waals surface area contributed by atoms with Crippen molar-refractivity contribution in [2.45, 2.75) is 20.3 Å². The van der Waals surface area contributed by atoms with Crippen LogP contribution in [0.1, 0.15) is 17.0 Å². The average Bonchev–Trinajstić information content (AvgIpc) is 2.42. The average molecular weight is 213 g/mol. The molecule has 0 saturated heterocycles. The van der Waals surface area contributed by atoms with Gasteiger partial charge in [-0.3, -0.25) is 4.79 Å². The molecular formula is C9H15N3OS. The zero-order valence-corrected chi connectivity index (χ0v) is 9.49. The van der Waals surface area contributed by atoms with Crippen LogP contribution in [0.5, 0.6) is 0 Å². The van der Waals surface area contributed by atoms with Crippen molar-refractivity contribution in [2.24, 2.45) is 0 Å². The summed E-state index contributed by atoms with van der Waals surface area (Å²) in [5, 5.41) is 6.39. The molecule has 4 nitrogen and oxygen atoms in total. The quantitative estimate of drug-likeness (QED) is 0.793. The highest BCUT2D eigenvalue weighted by atomic mass is 32.1. The van der Waals surface area contributed by atoms with Crippen LogP contribution in [0.2, 0.25) is 0 Å². The van der Waals surface area contributed by atoms with Gasteiger partial charge in [-0.1, -0.05) is 0 Å². The Bertz CT molecular complexity index is 302. The van der Waals surface area contributed by atoms with Crippen molar-refractivity contribution in [3.8, 4) is 0 Å². The molecular weight excluding hydrogens is 198 g/mol. The minimum atomic E-state index is 0.00750. The number of aromatic nitrogens is 1. The summed E-state index contributed by atoms with van der Waals surface area (Å²) in [6, 6.07) is 0. The molecule has 0 bridgehead atoms. The molecule has 0 fully saturated rings. The number of hydrogen-bond acceptors (Lipinski definition) is 4. The fourth-order valence-corrected chi connectivity index (χ4v) is 1.78. The zero-order valence-electron chi connectivity index (χ0n) is 8.68. The molecule has 78 valence electrons. The van der Waals surface area contributed by atoms with Gasteiger partial charge < -0.3 is 10.6 Å². The van der Waals surface area contributed by atoms with Gasteiger partial charge in [0.15, 0.2) is 5.13 Å². The number of nitrogens with zero attached hydrogens (tertiary/aromatic N) is 1. The van der Waals surface area contributed by atoms with Crippen molar-refractivity contribution in [3.63, 3.8) is 0 Å². The molecule has 0 unspecified atom stereocenters. The number of thiazole rings is 1. The molecule has 0 aliphatic rings. The molecule has 0 radical (unpaired) electrons. The van der Waals surface area contributed by atoms with Crippen molar-refractivity contribution in [2.75, 3.05) is 18.9 Å². The monoisotopic (exact) mass is 213 g/mol. The molecule has 1 aromatic heterocycles. The van der Waals surface area contributed by atoms with E-state index in [1.54, 1.807) is 0 Å². The third kappa shape index (κ3) is 3.08. The van der Waals surface area contributed by atoms with Crippen LogP contribution in [0.25, 0.3) is 0 Å². The summed E-state index contributed by atoms with van der Waals surface area (Å²) in [6.07, 6.45) is 0.480. The molecule has 0 aromatic carbocycles. The van der Waals surface area contributed by atoms with Crippen LogP contribution < -0.4 is 10.6 Å². The highest BCUT2D eigenvalue weighted by molar-refractivity contribution is 7.15. The third-order valence-corrected chi connectivity index (χ3v) is 2.87. The summed E-state index contributed by atoms with van der Waals surface area (Å²) in [5.74, 6) is 0.00750. The van der Waals surface area contributed by atoms with Gasteiger partial charge in [0.25, 0.3) is 0 Å². The smallest absolute Gasteiger partial charge is 0.227 e. The predicted octanol–water partition coefficient (Wildman–Crippen LogP) is 1.31. The van der Waals surface area contributed by atoms with E-state index in [1.807, 2.05) is 20.9 Å². The molecule has 0 spiro atoms. The van der Waals surface area contributed by atoms with Crippen LogP contribution in [-0.4, -0.2) is 24.5 Å². The minimum absolute atomic E-state index is 0.00750. The van der Waals surface area contributed by atoms with Crippen LogP contribution in [0.4, 0.5) is 5.13 Å². The number of aryl methyl sites for hydroxylation is 2. The second-order valence-electron chi connectivity index (χ2n) is 3.06. The summed E-state index contributed by atoms with van der Waals surface area (Å²) >= 11 is 1.51. The van der Waals surface area contributed by atoms with Gasteiger partial charge in [0.1, 0.15) is 0 Å². The molecule has 0 saturated carbocycles. The number of rotatable bonds is 4. The standard InChI is InChI=1S/C9H15N3OS/c1-6-7(2)14-9(11-6)12-8(13)4-5-10-3/h10H,4-5H2,1-3H3,(H,11,12,13). The summed E-state index contributed by atoms with van der Waals surface area (Å²) < 4.78 is 0. The predicted molar refractivity (Wildman–Crippen MR) is 58.8 cm³/mol. The number of amides is 1. The first kappa shape index (κ1) is 11.1. The van der Waals surface area contributed by atoms with Crippen molar-refractivity contribution < 1.29 is 4.79 Å². The first-order valence-electron chi connectivity index (χ1n) is 4.52. The van der Waals surface area contributed by atoms with Gasteiger partial charge in [0, 0.05) is 17.8 Å². The van der Waals surface area contributed by atoms with Crippen molar-refractivity contribution in [3.05, 3.63) is 10.6 Å². The molecule has 1 rings (SSSR count). The van der Waals surface area contributed by atoms with E-state index < -0.39 is 0 Å². The number of carbonyl (C=O) groups excluding carboxylic acids is 1. The second-order valence-corrected chi connectivity index (χ2v) is 4.27. The SMILES string of the molecule is CNCCC(=O)Nc1nc(C)c(C)s1. The van der Waals surface area contributed by atoms with Gasteiger partial charge >= 0.3 is 0 Å². The van der Waals surface area contributed by atoms with E-state index in [-0.39, 0.29) is 5.91 Å². The van der Waals surface area contributed by atoms with E-state index in [2.05, 4.69) is 15.6 Å². The van der Waals surface area contributed by atoms with Crippen molar-refractivity contribution in [1.82, 2.24) is 10.3 Å². The number of carbonyl (C=O) groups is 1. The Labute approximate surface area is 87.7 Å². The van der Waals surface area contributed by atoms with Crippen LogP contribution in [-0.2, 0) is 4.79 Å². The summed E-state index contributed by atoms with van der Waals surface area (Å²) in [5.41, 5.74) is 0.985. The third-order valence-electron chi connectivity index (χ3n) is 1.88. The summed E-state index contributed by atoms with van der Waals surface area (Å²) in [7, 11) is 1.82. The van der Waals surface area contributed by atoms with Gasteiger partial charge in [0.2, 0.25) is 5.91 Å². The Kier molecular flexibility index (Phi) is 4.03. The molecule has 14 heavy (non-hydrogen) atoms. The fraction of sp³-hybridized carbons (Fsp3) is 0.556. The van der Waals surface area contributed by atoms with E-state index in [4.69, 9.17) is 0 Å². The lowest BCUT2D eigenvalue weighted by atomic mass is 10.4. The lowest BCUT2D eigenvalue weighted by Crippen LogP contribution is -2.18. The molecule has 1 heterocycles. The van der Waals surface area contributed by atoms with E-state index >= 15 is 0 Å². The highest BCUT2D eigenvalue weighted by Gasteiger charge is 2.06. The van der Waals surface area contributed by atoms with Crippen LogP contribution >= 0.6 is 11.3 Å². The molecule has 5 heteroatoms. The van der Waals surface area contributed by atoms with Gasteiger partial charge in [-0.2, -0.15) is 0 Å². The van der Waals surface area contributed by atoms with Gasteiger partial charge in [-0.25, -0.2) is 4.98 Å². The Morgan fingerprint density at radius 2 is 2.21 bits per heavy atom. The van der Waals surface area contributed by atoms with Crippen LogP contribution in [0.15, 0.2) is 0 Å². The van der Waals surface area contributed by atoms with E-state index in [9.17, 15) is 4.79 Å². The second kappa shape index (κ2) is 5.07. The zero-order chi connectivity index (χ0) is 10.6. The topological polar surface area (TPSA) is 54.0 Å². The van der Waals surface area contributed by atoms with Crippen molar-refractivity contribution in [1.29, 1.82) is 0 Å². The molecule has 1 aromatic rings. The lowest BCUT2D eigenvalue weighted by molar-refractivity contribution is -0.116. The first-order chi connectivity index (χ1) is 6.63. The maximum atomic E-state index is 11.3. The Hall–Kier alpha value is -0.940. The molecule has 0 aliphatic heterocycles. The summed E-state index contributed by atoms with van der Waals surface area (Å²) in [4.78, 5) is 16.7. The number of hydrogen-bond donors (Lipinski definition) is 2. The maximum Gasteiger partial charge on any atom is 0.227 e. The van der Waals surface area contributed by atoms with Crippen LogP contribution in [0.3, 0.4) is 0 Å². The van der Waals surface area contributed by atoms with E-state index in [0.717, 1.165) is 10.6 Å². The summed E-state index contributed by atoms with van der Waals surface area (Å²) in [6.45, 7) is 4.63. The minimum Gasteiger partial charge on any atom is -0.319 e. The van der Waals surface area contributed by atoms with Crippen LogP contribution in [0, 0.1) is 13.8 Å². The maximum absolute atomic E-state index is 11.3. The molecule has 1 amide bonds. The van der Waals surface area contributed by atoms with Gasteiger partial charge in [-0.15, -0.1) is 11.3 Å². The Morgan fingerprint density at radius 1 is 1.50 bits per heavy atom. The van der Waals surface area contributed by atoms with Crippen molar-refractivity contribution >= 4 is 22.4 Å². The molecule has 0 aliphatic carbocycles. The highest BCUT2D eigenvalue weighted by Crippen LogP contribution is 2.20. The normalized spacial score (nSPS) is 10.2. The Morgan fingerprint density at radius 3 is 2.71 bits per heavy atom. The largest absolute Gasteiger partial charge is 0.319 e. The van der Waals surface area contributed by atoms with Gasteiger partial charge in [0.05, 0.1) is 5.69 Å². The van der Waals surface area contributed by atoms with Gasteiger partial charge in [-0.05, 0) is 20.9 Å². The fourth-order valence-electron chi connectivity index (χ4n) is 0.946. The molecule has 2 N–H and O–H groups in total.